The maximum atomic E-state index is 13.6. The number of halogens is 2. The number of morpholine rings is 1. The number of rotatable bonds is 4. The Bertz CT molecular complexity index is 714. The van der Waals surface area contributed by atoms with Crippen molar-refractivity contribution >= 4 is 11.6 Å². The molecule has 1 aromatic carbocycles. The minimum absolute atomic E-state index is 0.0843. The summed E-state index contributed by atoms with van der Waals surface area (Å²) in [5.41, 5.74) is 0.238. The molecule has 0 spiro atoms. The molecule has 8 heteroatoms. The molecule has 0 amide bonds. The zero-order chi connectivity index (χ0) is 16.2. The second-order valence-electron chi connectivity index (χ2n) is 5.06. The molecular formula is C15H15F2N5O. The van der Waals surface area contributed by atoms with E-state index in [0.717, 1.165) is 0 Å². The first-order valence-corrected chi connectivity index (χ1v) is 7.18. The number of nitrogens with one attached hydrogen (secondary N) is 2. The molecule has 0 aliphatic carbocycles. The van der Waals surface area contributed by atoms with E-state index in [1.54, 1.807) is 0 Å². The van der Waals surface area contributed by atoms with Crippen LogP contribution < -0.4 is 10.2 Å². The molecule has 2 aromatic rings. The van der Waals surface area contributed by atoms with Gasteiger partial charge >= 0.3 is 0 Å². The van der Waals surface area contributed by atoms with Crippen LogP contribution in [0.3, 0.4) is 0 Å². The number of nitrogens with zero attached hydrogens (tertiary/aromatic N) is 3. The van der Waals surface area contributed by atoms with E-state index in [0.29, 0.717) is 43.5 Å². The number of aromatic amines is 1. The Hall–Kier alpha value is -2.66. The maximum Gasteiger partial charge on any atom is 0.170 e. The lowest BCUT2D eigenvalue weighted by molar-refractivity contribution is 0.122. The normalized spacial score (nSPS) is 14.6. The summed E-state index contributed by atoms with van der Waals surface area (Å²) in [5, 5.41) is 19.1. The van der Waals surface area contributed by atoms with Gasteiger partial charge in [-0.25, -0.2) is 8.78 Å². The van der Waals surface area contributed by atoms with E-state index < -0.39 is 11.6 Å². The van der Waals surface area contributed by atoms with E-state index >= 15 is 0 Å². The van der Waals surface area contributed by atoms with Crippen LogP contribution in [0.1, 0.15) is 11.1 Å². The quantitative estimate of drug-likeness (QED) is 0.901. The van der Waals surface area contributed by atoms with Gasteiger partial charge in [0, 0.05) is 25.2 Å². The van der Waals surface area contributed by atoms with Gasteiger partial charge in [0.25, 0.3) is 0 Å². The van der Waals surface area contributed by atoms with Crippen molar-refractivity contribution in [3.63, 3.8) is 0 Å². The maximum absolute atomic E-state index is 13.6. The van der Waals surface area contributed by atoms with Gasteiger partial charge in [0.05, 0.1) is 13.2 Å². The molecule has 1 aromatic heterocycles. The average Bonchev–Trinajstić information content (AvgIpc) is 2.98. The van der Waals surface area contributed by atoms with Crippen molar-refractivity contribution in [1.29, 1.82) is 5.26 Å². The zero-order valence-corrected chi connectivity index (χ0v) is 12.3. The number of H-pyrrole nitrogens is 1. The SMILES string of the molecule is N#Cc1c(N2CCOCC2)n[nH]c1NCc1c(F)cccc1F. The summed E-state index contributed by atoms with van der Waals surface area (Å²) in [4.78, 5) is 1.94. The van der Waals surface area contributed by atoms with Crippen molar-refractivity contribution < 1.29 is 13.5 Å². The van der Waals surface area contributed by atoms with Crippen molar-refractivity contribution in [2.24, 2.45) is 0 Å². The molecule has 2 N–H and O–H groups in total. The Kier molecular flexibility index (Phi) is 4.39. The van der Waals surface area contributed by atoms with E-state index in [1.165, 1.54) is 18.2 Å². The molecule has 0 bridgehead atoms. The Morgan fingerprint density at radius 1 is 1.30 bits per heavy atom. The summed E-state index contributed by atoms with van der Waals surface area (Å²) >= 11 is 0. The van der Waals surface area contributed by atoms with Crippen LogP contribution in [0.25, 0.3) is 0 Å². The molecule has 0 radical (unpaired) electrons. The summed E-state index contributed by atoms with van der Waals surface area (Å²) < 4.78 is 32.5. The first-order valence-electron chi connectivity index (χ1n) is 7.18. The smallest absolute Gasteiger partial charge is 0.170 e. The molecule has 0 saturated carbocycles. The fraction of sp³-hybridized carbons (Fsp3) is 0.333. The van der Waals surface area contributed by atoms with E-state index in [4.69, 9.17) is 4.74 Å². The lowest BCUT2D eigenvalue weighted by atomic mass is 10.2. The van der Waals surface area contributed by atoms with E-state index in [2.05, 4.69) is 21.6 Å². The number of nitriles is 1. The molecule has 1 saturated heterocycles. The number of ether oxygens (including phenoxy) is 1. The largest absolute Gasteiger partial charge is 0.378 e. The van der Waals surface area contributed by atoms with E-state index in [1.807, 2.05) is 4.90 Å². The number of hydrogen-bond acceptors (Lipinski definition) is 5. The van der Waals surface area contributed by atoms with Gasteiger partial charge in [-0.15, -0.1) is 0 Å². The number of anilines is 2. The minimum Gasteiger partial charge on any atom is -0.378 e. The first kappa shape index (κ1) is 15.2. The molecule has 1 aliphatic rings. The highest BCUT2D eigenvalue weighted by Crippen LogP contribution is 2.25. The molecule has 1 fully saturated rings. The zero-order valence-electron chi connectivity index (χ0n) is 12.3. The van der Waals surface area contributed by atoms with Crippen LogP contribution in [0.4, 0.5) is 20.4 Å². The monoisotopic (exact) mass is 319 g/mol. The van der Waals surface area contributed by atoms with Crippen LogP contribution in [0.15, 0.2) is 18.2 Å². The van der Waals surface area contributed by atoms with Gasteiger partial charge in [0.2, 0.25) is 0 Å². The fourth-order valence-corrected chi connectivity index (χ4v) is 2.45. The Balaban J connectivity index is 1.78. The highest BCUT2D eigenvalue weighted by molar-refractivity contribution is 5.66. The van der Waals surface area contributed by atoms with Crippen LogP contribution in [-0.4, -0.2) is 36.5 Å². The van der Waals surface area contributed by atoms with Gasteiger partial charge in [-0.1, -0.05) is 6.07 Å². The summed E-state index contributed by atoms with van der Waals surface area (Å²) in [6.07, 6.45) is 0. The van der Waals surface area contributed by atoms with Crippen molar-refractivity contribution in [3.8, 4) is 6.07 Å². The molecule has 6 nitrogen and oxygen atoms in total. The summed E-state index contributed by atoms with van der Waals surface area (Å²) in [6, 6.07) is 5.77. The summed E-state index contributed by atoms with van der Waals surface area (Å²) in [6.45, 7) is 2.33. The van der Waals surface area contributed by atoms with Crippen molar-refractivity contribution in [1.82, 2.24) is 10.2 Å². The topological polar surface area (TPSA) is 77.0 Å². The lowest BCUT2D eigenvalue weighted by Gasteiger charge is -2.26. The van der Waals surface area contributed by atoms with Gasteiger partial charge in [0.15, 0.2) is 5.82 Å². The molecule has 120 valence electrons. The molecule has 23 heavy (non-hydrogen) atoms. The molecule has 2 heterocycles. The molecule has 1 aliphatic heterocycles. The predicted molar refractivity (Wildman–Crippen MR) is 80.0 cm³/mol. The van der Waals surface area contributed by atoms with Crippen LogP contribution >= 0.6 is 0 Å². The van der Waals surface area contributed by atoms with Gasteiger partial charge in [-0.05, 0) is 12.1 Å². The van der Waals surface area contributed by atoms with Gasteiger partial charge in [-0.2, -0.15) is 10.4 Å². The number of aromatic nitrogens is 2. The third-order valence-corrected chi connectivity index (χ3v) is 3.67. The Morgan fingerprint density at radius 2 is 2.00 bits per heavy atom. The van der Waals surface area contributed by atoms with Crippen LogP contribution in [-0.2, 0) is 11.3 Å². The summed E-state index contributed by atoms with van der Waals surface area (Å²) in [5.74, 6) is -0.406. The Labute approximate surface area is 131 Å². The second kappa shape index (κ2) is 6.62. The van der Waals surface area contributed by atoms with Crippen LogP contribution in [0.5, 0.6) is 0 Å². The second-order valence-corrected chi connectivity index (χ2v) is 5.06. The predicted octanol–water partition coefficient (Wildman–Crippen LogP) is 2.01. The van der Waals surface area contributed by atoms with E-state index in [-0.39, 0.29) is 12.1 Å². The van der Waals surface area contributed by atoms with Crippen LogP contribution in [0.2, 0.25) is 0 Å². The standard InChI is InChI=1S/C15H15F2N5O/c16-12-2-1-3-13(17)11(12)9-19-14-10(8-18)15(21-20-14)22-4-6-23-7-5-22/h1-3H,4-7,9H2,(H2,19,20,21). The average molecular weight is 319 g/mol. The van der Waals surface area contributed by atoms with Crippen LogP contribution in [0, 0.1) is 23.0 Å². The van der Waals surface area contributed by atoms with Gasteiger partial charge in [0.1, 0.15) is 29.1 Å². The van der Waals surface area contributed by atoms with Crippen molar-refractivity contribution in [3.05, 3.63) is 41.0 Å². The molecule has 0 atom stereocenters. The third-order valence-electron chi connectivity index (χ3n) is 3.67. The molecule has 3 rings (SSSR count). The molecule has 0 unspecified atom stereocenters. The fourth-order valence-electron chi connectivity index (χ4n) is 2.45. The minimum atomic E-state index is -0.635. The summed E-state index contributed by atoms with van der Waals surface area (Å²) in [7, 11) is 0. The number of benzene rings is 1. The lowest BCUT2D eigenvalue weighted by Crippen LogP contribution is -2.36. The van der Waals surface area contributed by atoms with E-state index in [9.17, 15) is 14.0 Å². The first-order chi connectivity index (χ1) is 11.2. The highest BCUT2D eigenvalue weighted by atomic mass is 19.1. The van der Waals surface area contributed by atoms with Gasteiger partial charge in [-0.3, -0.25) is 5.10 Å². The van der Waals surface area contributed by atoms with Crippen molar-refractivity contribution in [2.75, 3.05) is 36.5 Å². The van der Waals surface area contributed by atoms with Gasteiger partial charge < -0.3 is 15.0 Å². The van der Waals surface area contributed by atoms with Crippen molar-refractivity contribution in [2.45, 2.75) is 6.54 Å². The highest BCUT2D eigenvalue weighted by Gasteiger charge is 2.21. The molecular weight excluding hydrogens is 304 g/mol. The number of hydrogen-bond donors (Lipinski definition) is 2. The Morgan fingerprint density at radius 3 is 2.65 bits per heavy atom. The third kappa shape index (κ3) is 3.10.